The highest BCUT2D eigenvalue weighted by Gasteiger charge is 2.78. The molecular formula is C41H53NO15. The molecule has 1 heterocycles. The van der Waals surface area contributed by atoms with E-state index in [0.29, 0.717) is 12.8 Å². The van der Waals surface area contributed by atoms with Crippen LogP contribution in [0.1, 0.15) is 91.4 Å². The predicted molar refractivity (Wildman–Crippen MR) is 196 cm³/mol. The first-order chi connectivity index (χ1) is 26.6. The Kier molecular flexibility index (Phi) is 11.2. The zero-order chi connectivity index (χ0) is 42.0. The molecule has 1 aromatic carbocycles. The average Bonchev–Trinajstić information content (AvgIpc) is 3.97. The molecule has 4 N–H and O–H groups in total. The summed E-state index contributed by atoms with van der Waals surface area (Å²) in [6.07, 6.45) is -8.42. The number of allylic oxidation sites excluding steroid dienone is 1. The number of alkyl carbamates (subject to hydrolysis) is 1. The van der Waals surface area contributed by atoms with Crippen molar-refractivity contribution in [1.29, 1.82) is 0 Å². The Labute approximate surface area is 330 Å². The molecule has 57 heavy (non-hydrogen) atoms. The summed E-state index contributed by atoms with van der Waals surface area (Å²) in [5, 5.41) is 39.4. The smallest absolute Gasteiger partial charge is 0.407 e. The normalized spacial score (nSPS) is 35.1. The third-order valence-electron chi connectivity index (χ3n) is 12.8. The van der Waals surface area contributed by atoms with Crippen LogP contribution in [0, 0.1) is 28.6 Å². The number of amides is 1. The number of hydrogen-bond donors (Lipinski definition) is 4. The van der Waals surface area contributed by atoms with Crippen molar-refractivity contribution in [2.75, 3.05) is 6.61 Å². The molecule has 312 valence electrons. The minimum Gasteiger partial charge on any atom is -0.460 e. The summed E-state index contributed by atoms with van der Waals surface area (Å²) in [7, 11) is 0. The lowest BCUT2D eigenvalue weighted by atomic mass is 9.45. The number of nitrogens with one attached hydrogen (secondary N) is 1. The predicted octanol–water partition coefficient (Wildman–Crippen LogP) is 2.68. The van der Waals surface area contributed by atoms with Crippen molar-refractivity contribution >= 4 is 35.8 Å². The third-order valence-corrected chi connectivity index (χ3v) is 12.8. The van der Waals surface area contributed by atoms with Gasteiger partial charge in [0, 0.05) is 38.0 Å². The molecule has 16 nitrogen and oxygen atoms in total. The molecule has 0 spiro atoms. The van der Waals surface area contributed by atoms with Crippen LogP contribution in [-0.2, 0) is 47.6 Å². The van der Waals surface area contributed by atoms with Crippen molar-refractivity contribution in [3.05, 3.63) is 47.2 Å². The van der Waals surface area contributed by atoms with Crippen molar-refractivity contribution in [2.45, 2.75) is 135 Å². The van der Waals surface area contributed by atoms with E-state index >= 15 is 4.79 Å². The Bertz CT molecular complexity index is 1840. The third kappa shape index (κ3) is 7.12. The molecule has 0 radical (unpaired) electrons. The number of ketones is 1. The van der Waals surface area contributed by atoms with Crippen LogP contribution >= 0.6 is 0 Å². The van der Waals surface area contributed by atoms with Crippen LogP contribution in [0.3, 0.4) is 0 Å². The van der Waals surface area contributed by atoms with Crippen molar-refractivity contribution in [3.63, 3.8) is 0 Å². The number of rotatable bonds is 10. The number of benzene rings is 1. The Morgan fingerprint density at radius 2 is 1.63 bits per heavy atom. The first-order valence-corrected chi connectivity index (χ1v) is 19.4. The summed E-state index contributed by atoms with van der Waals surface area (Å²) in [5.41, 5.74) is -7.70. The van der Waals surface area contributed by atoms with Crippen LogP contribution in [0.15, 0.2) is 41.7 Å². The maximum Gasteiger partial charge on any atom is 0.407 e. The van der Waals surface area contributed by atoms with Crippen LogP contribution in [0.4, 0.5) is 4.79 Å². The Morgan fingerprint density at radius 1 is 0.982 bits per heavy atom. The molecule has 3 saturated carbocycles. The summed E-state index contributed by atoms with van der Waals surface area (Å²) < 4.78 is 35.2. The van der Waals surface area contributed by atoms with Crippen LogP contribution in [0.25, 0.3) is 0 Å². The zero-order valence-electron chi connectivity index (χ0n) is 33.4. The molecule has 0 aromatic heterocycles. The number of fused-ring (bicyclic) bond motifs is 5. The highest BCUT2D eigenvalue weighted by atomic mass is 16.6. The van der Waals surface area contributed by atoms with E-state index in [-0.39, 0.29) is 30.1 Å². The van der Waals surface area contributed by atoms with E-state index in [4.69, 9.17) is 28.4 Å². The van der Waals surface area contributed by atoms with Gasteiger partial charge in [0.15, 0.2) is 17.5 Å². The van der Waals surface area contributed by atoms with Gasteiger partial charge in [0.25, 0.3) is 0 Å². The van der Waals surface area contributed by atoms with Gasteiger partial charge >= 0.3 is 30.0 Å². The molecule has 1 aromatic rings. The van der Waals surface area contributed by atoms with E-state index in [1.807, 2.05) is 0 Å². The van der Waals surface area contributed by atoms with Gasteiger partial charge in [0.2, 0.25) is 5.78 Å². The van der Waals surface area contributed by atoms with E-state index in [1.54, 1.807) is 52.8 Å². The van der Waals surface area contributed by atoms with Gasteiger partial charge in [-0.3, -0.25) is 14.4 Å². The summed E-state index contributed by atoms with van der Waals surface area (Å²) in [6, 6.07) is 6.78. The first-order valence-electron chi connectivity index (χ1n) is 19.4. The Balaban J connectivity index is 1.53. The SMILES string of the molecule is CC(=O)OC1=C2C(C)C(OC(=O)C(O)C(NC(=O)OC(C)C)C3CC3)CC(O)(C(OC(=O)c3ccccc3)C3[C@]4(OC(C)=O)COC4CC(O)[C@@]3(C)C1=O)C2(C)C. The van der Waals surface area contributed by atoms with Crippen LogP contribution in [0.5, 0.6) is 0 Å². The highest BCUT2D eigenvalue weighted by molar-refractivity contribution is 6.02. The first kappa shape index (κ1) is 42.2. The number of aliphatic hydroxyl groups is 3. The van der Waals surface area contributed by atoms with Crippen molar-refractivity contribution in [1.82, 2.24) is 5.32 Å². The number of ether oxygens (including phenoxy) is 6. The van der Waals surface area contributed by atoms with Crippen LogP contribution in [0.2, 0.25) is 0 Å². The number of aliphatic hydroxyl groups excluding tert-OH is 2. The zero-order valence-corrected chi connectivity index (χ0v) is 33.4. The van der Waals surface area contributed by atoms with Gasteiger partial charge < -0.3 is 49.1 Å². The van der Waals surface area contributed by atoms with E-state index in [2.05, 4.69) is 5.32 Å². The number of hydrogen-bond acceptors (Lipinski definition) is 15. The van der Waals surface area contributed by atoms with Gasteiger partial charge in [0.1, 0.15) is 23.9 Å². The van der Waals surface area contributed by atoms with E-state index in [1.165, 1.54) is 19.1 Å². The number of esters is 4. The van der Waals surface area contributed by atoms with E-state index < -0.39 is 124 Å². The largest absolute Gasteiger partial charge is 0.460 e. The lowest BCUT2D eigenvalue weighted by molar-refractivity contribution is -0.345. The molecule has 4 fully saturated rings. The quantitative estimate of drug-likeness (QED) is 0.197. The van der Waals surface area contributed by atoms with Crippen molar-refractivity contribution in [3.8, 4) is 0 Å². The van der Waals surface area contributed by atoms with Gasteiger partial charge in [-0.25, -0.2) is 14.4 Å². The molecule has 4 aliphatic carbocycles. The standard InChI is InChI=1S/C41H53NO15/c1-19(2)53-37(50)42-29(23-14-15-23)30(46)36(49)55-25-17-41(51)34(56-35(48)24-12-10-9-11-13-24)32-39(8,26(45)16-27-40(32,18-52-27)57-22(5)44)33(47)31(54-21(4)43)28(20(25)3)38(41,6)7/h9-13,19-20,23,25-27,29-30,32,34,45-46,51H,14-18H2,1-8H3,(H,42,50)/t20?,25?,26?,27?,29?,30?,32?,34?,39-,40+,41?/m1/s1. The summed E-state index contributed by atoms with van der Waals surface area (Å²) >= 11 is 0. The lowest BCUT2D eigenvalue weighted by Gasteiger charge is -2.67. The molecule has 6 rings (SSSR count). The fourth-order valence-corrected chi connectivity index (χ4v) is 9.68. The summed E-state index contributed by atoms with van der Waals surface area (Å²) in [4.78, 5) is 81.7. The molecule has 5 aliphatic rings. The Hall–Kier alpha value is -4.38. The van der Waals surface area contributed by atoms with Crippen molar-refractivity contribution < 1.29 is 72.5 Å². The molecule has 1 aliphatic heterocycles. The van der Waals surface area contributed by atoms with Crippen LogP contribution < -0.4 is 5.32 Å². The molecule has 1 amide bonds. The highest BCUT2D eigenvalue weighted by Crippen LogP contribution is 2.65. The number of Topliss-reactive ketones (excluding diaryl/α,β-unsaturated/α-hetero) is 1. The van der Waals surface area contributed by atoms with E-state index in [0.717, 1.165) is 13.8 Å². The second kappa shape index (κ2) is 15.1. The lowest BCUT2D eigenvalue weighted by Crippen LogP contribution is -2.81. The fourth-order valence-electron chi connectivity index (χ4n) is 9.68. The second-order valence-electron chi connectivity index (χ2n) is 17.1. The molecular weight excluding hydrogens is 746 g/mol. The van der Waals surface area contributed by atoms with Gasteiger partial charge in [0.05, 0.1) is 41.8 Å². The molecule has 9 unspecified atom stereocenters. The molecule has 16 heteroatoms. The topological polar surface area (TPSA) is 231 Å². The van der Waals surface area contributed by atoms with E-state index in [9.17, 15) is 39.3 Å². The summed E-state index contributed by atoms with van der Waals surface area (Å²) in [5.74, 6) is -7.99. The maximum atomic E-state index is 15.3. The average molecular weight is 800 g/mol. The molecule has 1 saturated heterocycles. The second-order valence-corrected chi connectivity index (χ2v) is 17.1. The van der Waals surface area contributed by atoms with Crippen molar-refractivity contribution in [2.24, 2.45) is 28.6 Å². The number of carbonyl (C=O) groups excluding carboxylic acids is 6. The minimum absolute atomic E-state index is 0.0160. The molecule has 2 bridgehead atoms. The molecule has 11 atom stereocenters. The monoisotopic (exact) mass is 799 g/mol. The van der Waals surface area contributed by atoms with Gasteiger partial charge in [-0.1, -0.05) is 39.0 Å². The van der Waals surface area contributed by atoms with Crippen LogP contribution in [-0.4, -0.2) is 112 Å². The Morgan fingerprint density at radius 3 is 2.18 bits per heavy atom. The summed E-state index contributed by atoms with van der Waals surface area (Å²) in [6.45, 7) is 11.3. The maximum absolute atomic E-state index is 15.3. The van der Waals surface area contributed by atoms with Gasteiger partial charge in [-0.2, -0.15) is 0 Å². The number of carbonyl (C=O) groups is 6. The fraction of sp³-hybridized carbons (Fsp3) is 0.659. The van der Waals surface area contributed by atoms with Gasteiger partial charge in [-0.15, -0.1) is 0 Å². The van der Waals surface area contributed by atoms with Gasteiger partial charge in [-0.05, 0) is 57.2 Å². The minimum atomic E-state index is -2.35.